The first-order chi connectivity index (χ1) is 24.8. The van der Waals surface area contributed by atoms with Crippen molar-refractivity contribution >= 4 is 39.0 Å². The van der Waals surface area contributed by atoms with Crippen LogP contribution in [-0.2, 0) is 6.42 Å². The Kier molecular flexibility index (Phi) is 6.52. The fourth-order valence-corrected chi connectivity index (χ4v) is 7.22. The molecule has 0 radical (unpaired) electrons. The molecule has 0 amide bonds. The molecule has 0 saturated heterocycles. The maximum Gasteiger partial charge on any atom is 0.163 e. The quantitative estimate of drug-likeness (QED) is 0.187. The third-order valence-electron chi connectivity index (χ3n) is 9.63. The fraction of sp³-hybridized carbons (Fsp3) is 0.0455. The van der Waals surface area contributed by atoms with Crippen LogP contribution in [0.25, 0.3) is 78.6 Å². The minimum Gasteiger partial charge on any atom is -0.460 e. The number of nitrogens with zero attached hydrogens (tertiary/aromatic N) is 5. The van der Waals surface area contributed by atoms with Crippen LogP contribution in [0.3, 0.4) is 0 Å². The molecule has 5 aromatic carbocycles. The Bertz CT molecular complexity index is 2690. The van der Waals surface area contributed by atoms with E-state index in [2.05, 4.69) is 114 Å². The highest BCUT2D eigenvalue weighted by Gasteiger charge is 2.25. The first-order valence-electron chi connectivity index (χ1n) is 16.8. The second-order valence-electron chi connectivity index (χ2n) is 12.7. The van der Waals surface area contributed by atoms with E-state index in [1.807, 2.05) is 48.7 Å². The average molecular weight is 644 g/mol. The molecule has 0 saturated carbocycles. The van der Waals surface area contributed by atoms with E-state index in [1.165, 1.54) is 5.39 Å². The second-order valence-corrected chi connectivity index (χ2v) is 12.7. The summed E-state index contributed by atoms with van der Waals surface area (Å²) in [6.07, 6.45) is 6.87. The lowest BCUT2D eigenvalue weighted by atomic mass is 9.93. The van der Waals surface area contributed by atoms with Gasteiger partial charge in [-0.1, -0.05) is 109 Å². The third kappa shape index (κ3) is 4.72. The van der Waals surface area contributed by atoms with Gasteiger partial charge in [-0.05, 0) is 47.5 Å². The summed E-state index contributed by atoms with van der Waals surface area (Å²) in [5.74, 6) is 2.88. The SMILES string of the molecule is C1=CC(c2nc(-c3ccccc3)nc(-c3cccc(-c4ccccc4)c3)n2)Cc2oc3cc(-n4c5ccccc5c5cccnc54)ccc3c21. The highest BCUT2D eigenvalue weighted by molar-refractivity contribution is 6.08. The predicted octanol–water partition coefficient (Wildman–Crippen LogP) is 10.5. The Labute approximate surface area is 288 Å². The molecule has 6 nitrogen and oxygen atoms in total. The van der Waals surface area contributed by atoms with Crippen molar-refractivity contribution in [1.29, 1.82) is 0 Å². The molecular formula is C44H29N5O. The number of hydrogen-bond donors (Lipinski definition) is 0. The standard InChI is InChI=1S/C44H29N5O/c1-3-11-28(12-4-1)30-15-9-16-31(25-30)42-46-41(29-13-5-2-6-14-29)47-43(48-42)32-20-22-35-36-23-21-33(27-40(36)50-39(35)26-32)49-38-19-8-7-17-34(38)37-18-10-24-45-44(37)49/h1-25,27,32H,26H2. The maximum atomic E-state index is 6.64. The van der Waals surface area contributed by atoms with Crippen LogP contribution in [0.4, 0.5) is 0 Å². The third-order valence-corrected chi connectivity index (χ3v) is 9.63. The molecule has 9 aromatic rings. The second kappa shape index (κ2) is 11.5. The van der Waals surface area contributed by atoms with Gasteiger partial charge in [-0.2, -0.15) is 0 Å². The number of aromatic nitrogens is 5. The van der Waals surface area contributed by atoms with Crippen LogP contribution < -0.4 is 0 Å². The molecule has 0 aliphatic heterocycles. The van der Waals surface area contributed by atoms with E-state index in [0.717, 1.165) is 72.6 Å². The van der Waals surface area contributed by atoms with Crippen molar-refractivity contribution in [3.05, 3.63) is 169 Å². The zero-order valence-corrected chi connectivity index (χ0v) is 26.9. The highest BCUT2D eigenvalue weighted by atomic mass is 16.3. The smallest absolute Gasteiger partial charge is 0.163 e. The molecule has 1 atom stereocenters. The summed E-state index contributed by atoms with van der Waals surface area (Å²) < 4.78 is 8.86. The molecule has 6 heteroatoms. The Morgan fingerprint density at radius 1 is 0.580 bits per heavy atom. The fourth-order valence-electron chi connectivity index (χ4n) is 7.22. The first-order valence-corrected chi connectivity index (χ1v) is 16.8. The number of fused-ring (bicyclic) bond motifs is 6. The monoisotopic (exact) mass is 643 g/mol. The van der Waals surface area contributed by atoms with Crippen molar-refractivity contribution in [2.75, 3.05) is 0 Å². The Hall–Kier alpha value is -6.66. The van der Waals surface area contributed by atoms with Gasteiger partial charge in [0.2, 0.25) is 0 Å². The van der Waals surface area contributed by atoms with E-state index in [4.69, 9.17) is 24.4 Å². The maximum absolute atomic E-state index is 6.64. The number of hydrogen-bond acceptors (Lipinski definition) is 5. The number of furan rings is 1. The minimum absolute atomic E-state index is 0.0782. The lowest BCUT2D eigenvalue weighted by Crippen LogP contribution is -2.11. The molecule has 1 unspecified atom stereocenters. The lowest BCUT2D eigenvalue weighted by Gasteiger charge is -2.16. The molecule has 4 aromatic heterocycles. The number of allylic oxidation sites excluding steroid dienone is 1. The molecule has 50 heavy (non-hydrogen) atoms. The topological polar surface area (TPSA) is 69.6 Å². The molecule has 0 N–H and O–H groups in total. The summed E-state index contributed by atoms with van der Waals surface area (Å²) in [6.45, 7) is 0. The number of rotatable bonds is 5. The number of para-hydroxylation sites is 1. The van der Waals surface area contributed by atoms with Crippen molar-refractivity contribution < 1.29 is 4.42 Å². The molecule has 4 heterocycles. The Morgan fingerprint density at radius 3 is 2.16 bits per heavy atom. The van der Waals surface area contributed by atoms with Crippen LogP contribution in [0.5, 0.6) is 0 Å². The van der Waals surface area contributed by atoms with Gasteiger partial charge in [0.25, 0.3) is 0 Å². The molecule has 1 aliphatic rings. The molecule has 236 valence electrons. The molecule has 10 rings (SSSR count). The Balaban J connectivity index is 1.05. The van der Waals surface area contributed by atoms with Crippen molar-refractivity contribution in [3.8, 4) is 39.6 Å². The Morgan fingerprint density at radius 2 is 1.30 bits per heavy atom. The van der Waals surface area contributed by atoms with Gasteiger partial charge in [0, 0.05) is 57.5 Å². The van der Waals surface area contributed by atoms with Crippen LogP contribution >= 0.6 is 0 Å². The predicted molar refractivity (Wildman–Crippen MR) is 200 cm³/mol. The zero-order valence-electron chi connectivity index (χ0n) is 26.9. The molecular weight excluding hydrogens is 615 g/mol. The van der Waals surface area contributed by atoms with Crippen molar-refractivity contribution in [2.24, 2.45) is 0 Å². The minimum atomic E-state index is -0.0782. The highest BCUT2D eigenvalue weighted by Crippen LogP contribution is 2.38. The van der Waals surface area contributed by atoms with Gasteiger partial charge in [-0.3, -0.25) is 4.57 Å². The lowest BCUT2D eigenvalue weighted by molar-refractivity contribution is 0.527. The summed E-state index contributed by atoms with van der Waals surface area (Å²) >= 11 is 0. The zero-order chi connectivity index (χ0) is 33.0. The van der Waals surface area contributed by atoms with E-state index in [1.54, 1.807) is 0 Å². The normalized spacial score (nSPS) is 14.0. The van der Waals surface area contributed by atoms with E-state index < -0.39 is 0 Å². The van der Waals surface area contributed by atoms with E-state index in [-0.39, 0.29) is 5.92 Å². The van der Waals surface area contributed by atoms with Crippen LogP contribution in [0, 0.1) is 0 Å². The summed E-state index contributed by atoms with van der Waals surface area (Å²) in [5.41, 5.74) is 9.18. The van der Waals surface area contributed by atoms with Gasteiger partial charge < -0.3 is 4.42 Å². The number of pyridine rings is 1. The van der Waals surface area contributed by atoms with Crippen molar-refractivity contribution in [1.82, 2.24) is 24.5 Å². The molecule has 1 aliphatic carbocycles. The van der Waals surface area contributed by atoms with Gasteiger partial charge in [0.05, 0.1) is 11.2 Å². The van der Waals surface area contributed by atoms with Crippen LogP contribution in [-0.4, -0.2) is 24.5 Å². The number of benzene rings is 5. The molecule has 0 bridgehead atoms. The van der Waals surface area contributed by atoms with Crippen LogP contribution in [0.1, 0.15) is 23.1 Å². The van der Waals surface area contributed by atoms with Gasteiger partial charge in [0.1, 0.15) is 22.8 Å². The molecule has 0 fully saturated rings. The average Bonchev–Trinajstić information content (AvgIpc) is 3.73. The molecule has 0 spiro atoms. The summed E-state index contributed by atoms with van der Waals surface area (Å²) in [4.78, 5) is 19.9. The summed E-state index contributed by atoms with van der Waals surface area (Å²) in [6, 6.07) is 47.9. The van der Waals surface area contributed by atoms with Crippen molar-refractivity contribution in [3.63, 3.8) is 0 Å². The van der Waals surface area contributed by atoms with E-state index in [0.29, 0.717) is 18.1 Å². The van der Waals surface area contributed by atoms with E-state index >= 15 is 0 Å². The largest absolute Gasteiger partial charge is 0.460 e. The van der Waals surface area contributed by atoms with Crippen LogP contribution in [0.2, 0.25) is 0 Å². The first kappa shape index (κ1) is 28.4. The summed E-state index contributed by atoms with van der Waals surface area (Å²) in [5, 5.41) is 3.40. The van der Waals surface area contributed by atoms with Crippen LogP contribution in [0.15, 0.2) is 156 Å². The van der Waals surface area contributed by atoms with Gasteiger partial charge in [-0.25, -0.2) is 19.9 Å². The van der Waals surface area contributed by atoms with Gasteiger partial charge in [-0.15, -0.1) is 0 Å². The van der Waals surface area contributed by atoms with Gasteiger partial charge >= 0.3 is 0 Å². The van der Waals surface area contributed by atoms with E-state index in [9.17, 15) is 0 Å². The van der Waals surface area contributed by atoms with Crippen molar-refractivity contribution in [2.45, 2.75) is 12.3 Å². The summed E-state index contributed by atoms with van der Waals surface area (Å²) in [7, 11) is 0. The van der Waals surface area contributed by atoms with Gasteiger partial charge in [0.15, 0.2) is 11.6 Å².